The fourth-order valence-electron chi connectivity index (χ4n) is 5.18. The molecule has 0 aliphatic heterocycles. The van der Waals surface area contributed by atoms with Crippen LogP contribution in [0.15, 0.2) is 0 Å². The molecule has 4 saturated carbocycles. The summed E-state index contributed by atoms with van der Waals surface area (Å²) in [5.41, 5.74) is -0.374. The van der Waals surface area contributed by atoms with E-state index >= 15 is 0 Å². The Morgan fingerprint density at radius 2 is 2.06 bits per heavy atom. The van der Waals surface area contributed by atoms with Crippen LogP contribution in [0.1, 0.15) is 46.0 Å². The Morgan fingerprint density at radius 1 is 1.31 bits per heavy atom. The predicted molar refractivity (Wildman–Crippen MR) is 62.3 cm³/mol. The molecule has 4 atom stereocenters. The summed E-state index contributed by atoms with van der Waals surface area (Å²) in [5.74, 6) is 0.993. The van der Waals surface area contributed by atoms with Crippen molar-refractivity contribution in [1.29, 1.82) is 0 Å². The van der Waals surface area contributed by atoms with E-state index in [-0.39, 0.29) is 11.5 Å². The van der Waals surface area contributed by atoms with Crippen molar-refractivity contribution in [2.24, 2.45) is 16.7 Å². The van der Waals surface area contributed by atoms with Gasteiger partial charge in [0.25, 0.3) is 0 Å². The van der Waals surface area contributed by atoms with E-state index < -0.39 is 5.60 Å². The van der Waals surface area contributed by atoms with Crippen molar-refractivity contribution in [3.63, 3.8) is 0 Å². The normalized spacial score (nSPS) is 54.7. The molecule has 4 unspecified atom stereocenters. The summed E-state index contributed by atoms with van der Waals surface area (Å²) in [4.78, 5) is 12.6. The molecule has 4 aliphatic rings. The highest BCUT2D eigenvalue weighted by Gasteiger charge is 2.66. The van der Waals surface area contributed by atoms with Gasteiger partial charge < -0.3 is 4.74 Å². The molecule has 0 radical (unpaired) electrons. The first-order chi connectivity index (χ1) is 7.41. The number of ether oxygens (including phenoxy) is 1. The molecular formula is C13H19ClO2. The second-order valence-corrected chi connectivity index (χ2v) is 7.00. The second kappa shape index (κ2) is 3.02. The van der Waals surface area contributed by atoms with Gasteiger partial charge in [0.2, 0.25) is 0 Å². The fraction of sp³-hybridized carbons (Fsp3) is 0.923. The minimum atomic E-state index is -0.537. The van der Waals surface area contributed by atoms with E-state index in [2.05, 4.69) is 13.8 Å². The smallest absolute Gasteiger partial charge is 0.170 e. The number of halogens is 1. The summed E-state index contributed by atoms with van der Waals surface area (Å²) in [5, 5.41) is 0. The van der Waals surface area contributed by atoms with Crippen LogP contribution in [-0.4, -0.2) is 17.5 Å². The number of carbonyl (C=O) groups is 1. The molecule has 16 heavy (non-hydrogen) atoms. The van der Waals surface area contributed by atoms with Gasteiger partial charge >= 0.3 is 0 Å². The van der Waals surface area contributed by atoms with Crippen LogP contribution in [-0.2, 0) is 9.53 Å². The Morgan fingerprint density at radius 3 is 2.69 bits per heavy atom. The van der Waals surface area contributed by atoms with Gasteiger partial charge in [-0.05, 0) is 43.4 Å². The van der Waals surface area contributed by atoms with Crippen LogP contribution in [0.2, 0.25) is 0 Å². The number of alkyl halides is 1. The van der Waals surface area contributed by atoms with Crippen LogP contribution in [0.25, 0.3) is 0 Å². The lowest BCUT2D eigenvalue weighted by molar-refractivity contribution is -0.204. The van der Waals surface area contributed by atoms with E-state index in [0.29, 0.717) is 17.1 Å². The Bertz CT molecular complexity index is 356. The molecule has 4 fully saturated rings. The fourth-order valence-corrected chi connectivity index (χ4v) is 5.38. The van der Waals surface area contributed by atoms with E-state index in [1.165, 1.54) is 6.42 Å². The third-order valence-corrected chi connectivity index (χ3v) is 5.07. The quantitative estimate of drug-likeness (QED) is 0.696. The average molecular weight is 243 g/mol. The van der Waals surface area contributed by atoms with Crippen LogP contribution < -0.4 is 0 Å². The minimum Gasteiger partial charge on any atom is -0.351 e. The zero-order chi connectivity index (χ0) is 11.6. The highest BCUT2D eigenvalue weighted by atomic mass is 35.5. The first-order valence-electron chi connectivity index (χ1n) is 6.16. The predicted octanol–water partition coefficient (Wildman–Crippen LogP) is 3.13. The lowest BCUT2D eigenvalue weighted by Gasteiger charge is -2.63. The summed E-state index contributed by atoms with van der Waals surface area (Å²) in [6, 6.07) is 0.143. The Kier molecular flexibility index (Phi) is 2.09. The summed E-state index contributed by atoms with van der Waals surface area (Å²) in [6.45, 7) is 4.44. The third-order valence-electron chi connectivity index (χ3n) is 4.96. The SMILES string of the molecule is CC12CC3CC(C)(C1)C(=O)C(OCCl)(C3)C2. The minimum absolute atomic E-state index is 0.139. The van der Waals surface area contributed by atoms with Crippen LogP contribution in [0.3, 0.4) is 0 Å². The molecule has 0 spiro atoms. The Balaban J connectivity index is 2.04. The molecule has 4 rings (SSSR count). The van der Waals surface area contributed by atoms with Crippen molar-refractivity contribution in [1.82, 2.24) is 0 Å². The zero-order valence-corrected chi connectivity index (χ0v) is 10.8. The zero-order valence-electron chi connectivity index (χ0n) is 10.0. The largest absolute Gasteiger partial charge is 0.351 e. The lowest BCUT2D eigenvalue weighted by Crippen LogP contribution is -2.66. The molecule has 0 amide bonds. The molecule has 0 heterocycles. The molecule has 3 heteroatoms. The lowest BCUT2D eigenvalue weighted by atomic mass is 9.43. The van der Waals surface area contributed by atoms with Gasteiger partial charge in [-0.1, -0.05) is 25.4 Å². The number of Topliss-reactive ketones (excluding diaryl/α,β-unsaturated/α-hetero) is 1. The van der Waals surface area contributed by atoms with Gasteiger partial charge in [0.15, 0.2) is 5.78 Å². The monoisotopic (exact) mass is 242 g/mol. The number of hydrogen-bond donors (Lipinski definition) is 0. The van der Waals surface area contributed by atoms with Gasteiger partial charge in [-0.3, -0.25) is 4.79 Å². The van der Waals surface area contributed by atoms with Crippen molar-refractivity contribution < 1.29 is 9.53 Å². The highest BCUT2D eigenvalue weighted by molar-refractivity contribution is 6.17. The molecule has 90 valence electrons. The molecule has 0 aromatic heterocycles. The maximum absolute atomic E-state index is 12.6. The van der Waals surface area contributed by atoms with Crippen molar-refractivity contribution in [2.45, 2.75) is 51.6 Å². The first-order valence-corrected chi connectivity index (χ1v) is 6.70. The van der Waals surface area contributed by atoms with Crippen molar-refractivity contribution in [3.05, 3.63) is 0 Å². The molecular weight excluding hydrogens is 224 g/mol. The molecule has 4 bridgehead atoms. The molecule has 4 aliphatic carbocycles. The van der Waals surface area contributed by atoms with Gasteiger partial charge in [0.1, 0.15) is 11.7 Å². The molecule has 0 N–H and O–H groups in total. The number of rotatable bonds is 2. The van der Waals surface area contributed by atoms with E-state index in [9.17, 15) is 4.79 Å². The van der Waals surface area contributed by atoms with E-state index in [0.717, 1.165) is 25.7 Å². The van der Waals surface area contributed by atoms with Crippen molar-refractivity contribution in [2.75, 3.05) is 6.07 Å². The molecule has 0 aromatic rings. The Labute approximate surface area is 102 Å². The van der Waals surface area contributed by atoms with Crippen LogP contribution in [0.5, 0.6) is 0 Å². The van der Waals surface area contributed by atoms with Gasteiger partial charge in [0, 0.05) is 5.41 Å². The van der Waals surface area contributed by atoms with E-state index in [1.807, 2.05) is 0 Å². The van der Waals surface area contributed by atoms with Gasteiger partial charge in [-0.2, -0.15) is 0 Å². The maximum Gasteiger partial charge on any atom is 0.170 e. The first kappa shape index (κ1) is 11.0. The summed E-state index contributed by atoms with van der Waals surface area (Å²) in [6.07, 6.45) is 5.17. The average Bonchev–Trinajstić information content (AvgIpc) is 2.11. The highest BCUT2D eigenvalue weighted by Crippen LogP contribution is 2.65. The van der Waals surface area contributed by atoms with E-state index in [1.54, 1.807) is 0 Å². The van der Waals surface area contributed by atoms with Crippen LogP contribution in [0.4, 0.5) is 0 Å². The van der Waals surface area contributed by atoms with Crippen LogP contribution >= 0.6 is 11.6 Å². The van der Waals surface area contributed by atoms with Gasteiger partial charge in [-0.25, -0.2) is 0 Å². The summed E-state index contributed by atoms with van der Waals surface area (Å²) in [7, 11) is 0. The van der Waals surface area contributed by atoms with Crippen molar-refractivity contribution in [3.8, 4) is 0 Å². The van der Waals surface area contributed by atoms with E-state index in [4.69, 9.17) is 16.3 Å². The summed E-state index contributed by atoms with van der Waals surface area (Å²) >= 11 is 5.72. The summed E-state index contributed by atoms with van der Waals surface area (Å²) < 4.78 is 5.70. The maximum atomic E-state index is 12.6. The molecule has 0 aromatic carbocycles. The molecule has 0 saturated heterocycles. The topological polar surface area (TPSA) is 26.3 Å². The van der Waals surface area contributed by atoms with Gasteiger partial charge in [-0.15, -0.1) is 0 Å². The Hall–Kier alpha value is -0.0800. The number of hydrogen-bond acceptors (Lipinski definition) is 2. The second-order valence-electron chi connectivity index (χ2n) is 6.78. The van der Waals surface area contributed by atoms with Gasteiger partial charge in [0.05, 0.1) is 0 Å². The third kappa shape index (κ3) is 1.26. The van der Waals surface area contributed by atoms with Crippen LogP contribution in [0, 0.1) is 16.7 Å². The number of carbonyl (C=O) groups excluding carboxylic acids is 1. The standard InChI is InChI=1S/C13H19ClO2/c1-11-3-9-4-12(2,6-11)10(15)13(5-9,7-11)16-8-14/h9H,3-8H2,1-2H3. The molecule has 2 nitrogen and oxygen atoms in total. The van der Waals surface area contributed by atoms with Crippen molar-refractivity contribution >= 4 is 17.4 Å². The number of ketones is 1.